The van der Waals surface area contributed by atoms with Gasteiger partial charge in [-0.05, 0) is 57.5 Å². The molecule has 0 aliphatic heterocycles. The second-order valence-electron chi connectivity index (χ2n) is 5.14. The van der Waals surface area contributed by atoms with E-state index in [9.17, 15) is 4.39 Å². The Morgan fingerprint density at radius 3 is 2.56 bits per heavy atom. The first kappa shape index (κ1) is 15.6. The number of benzene rings is 1. The highest BCUT2D eigenvalue weighted by Crippen LogP contribution is 2.20. The summed E-state index contributed by atoms with van der Waals surface area (Å²) in [5.74, 6) is -0.208. The maximum atomic E-state index is 13.3. The fourth-order valence-corrected chi connectivity index (χ4v) is 2.48. The van der Waals surface area contributed by atoms with Gasteiger partial charge in [0.2, 0.25) is 0 Å². The van der Waals surface area contributed by atoms with E-state index in [-0.39, 0.29) is 17.5 Å². The molecule has 102 valence electrons. The molecule has 1 aromatic rings. The Balaban J connectivity index is 2.73. The minimum absolute atomic E-state index is 0.182. The standard InChI is InChI=1S/C14H21BrFNO/c1-14(2,18-4)9-13(17-3)7-10-5-11(15)8-12(16)6-10/h5-6,8,13,17H,7,9H2,1-4H3. The van der Waals surface area contributed by atoms with Crippen LogP contribution in [0.25, 0.3) is 0 Å². The SMILES string of the molecule is CNC(Cc1cc(F)cc(Br)c1)CC(C)(C)OC. The summed E-state index contributed by atoms with van der Waals surface area (Å²) in [6, 6.07) is 5.26. The van der Waals surface area contributed by atoms with Crippen LogP contribution in [-0.2, 0) is 11.2 Å². The van der Waals surface area contributed by atoms with Crippen LogP contribution in [-0.4, -0.2) is 25.8 Å². The van der Waals surface area contributed by atoms with E-state index < -0.39 is 0 Å². The van der Waals surface area contributed by atoms with Gasteiger partial charge in [-0.15, -0.1) is 0 Å². The van der Waals surface area contributed by atoms with Gasteiger partial charge in [0.25, 0.3) is 0 Å². The number of methoxy groups -OCH3 is 1. The highest BCUT2D eigenvalue weighted by molar-refractivity contribution is 9.10. The second-order valence-corrected chi connectivity index (χ2v) is 6.05. The summed E-state index contributed by atoms with van der Waals surface area (Å²) in [7, 11) is 3.64. The van der Waals surface area contributed by atoms with E-state index in [1.54, 1.807) is 13.2 Å². The molecule has 1 N–H and O–H groups in total. The third kappa shape index (κ3) is 5.04. The quantitative estimate of drug-likeness (QED) is 0.866. The van der Waals surface area contributed by atoms with E-state index in [0.29, 0.717) is 0 Å². The van der Waals surface area contributed by atoms with Gasteiger partial charge < -0.3 is 10.1 Å². The molecule has 1 rings (SSSR count). The molecule has 0 bridgehead atoms. The molecule has 0 saturated carbocycles. The van der Waals surface area contributed by atoms with Gasteiger partial charge in [-0.3, -0.25) is 0 Å². The number of nitrogens with one attached hydrogen (secondary N) is 1. The molecule has 2 nitrogen and oxygen atoms in total. The van der Waals surface area contributed by atoms with Crippen molar-refractivity contribution in [3.8, 4) is 0 Å². The number of hydrogen-bond donors (Lipinski definition) is 1. The van der Waals surface area contributed by atoms with Gasteiger partial charge in [0, 0.05) is 17.6 Å². The molecule has 0 aliphatic carbocycles. The van der Waals surface area contributed by atoms with Gasteiger partial charge in [-0.2, -0.15) is 0 Å². The van der Waals surface area contributed by atoms with E-state index in [2.05, 4.69) is 35.1 Å². The lowest BCUT2D eigenvalue weighted by Crippen LogP contribution is -2.37. The Hall–Kier alpha value is -0.450. The van der Waals surface area contributed by atoms with Crippen LogP contribution >= 0.6 is 15.9 Å². The summed E-state index contributed by atoms with van der Waals surface area (Å²) in [5.41, 5.74) is 0.797. The van der Waals surface area contributed by atoms with E-state index in [0.717, 1.165) is 22.9 Å². The monoisotopic (exact) mass is 317 g/mol. The number of likely N-dealkylation sites (N-methyl/N-ethyl adjacent to an activating group) is 1. The lowest BCUT2D eigenvalue weighted by Gasteiger charge is -2.28. The summed E-state index contributed by atoms with van der Waals surface area (Å²) in [4.78, 5) is 0. The maximum absolute atomic E-state index is 13.3. The molecule has 0 aromatic heterocycles. The van der Waals surface area contributed by atoms with Crippen molar-refractivity contribution in [1.29, 1.82) is 0 Å². The smallest absolute Gasteiger partial charge is 0.124 e. The first-order valence-corrected chi connectivity index (χ1v) is 6.83. The third-order valence-electron chi connectivity index (χ3n) is 3.10. The molecule has 0 amide bonds. The van der Waals surface area contributed by atoms with Crippen molar-refractivity contribution in [3.05, 3.63) is 34.1 Å². The number of ether oxygens (including phenoxy) is 1. The lowest BCUT2D eigenvalue weighted by atomic mass is 9.94. The molecule has 1 unspecified atom stereocenters. The van der Waals surface area contributed by atoms with Gasteiger partial charge in [0.05, 0.1) is 5.60 Å². The molecule has 18 heavy (non-hydrogen) atoms. The Labute approximate surface area is 117 Å². The summed E-state index contributed by atoms with van der Waals surface area (Å²) in [6.45, 7) is 4.11. The van der Waals surface area contributed by atoms with Crippen molar-refractivity contribution in [2.24, 2.45) is 0 Å². The van der Waals surface area contributed by atoms with Crippen molar-refractivity contribution in [1.82, 2.24) is 5.32 Å². The van der Waals surface area contributed by atoms with Crippen molar-refractivity contribution in [2.75, 3.05) is 14.2 Å². The van der Waals surface area contributed by atoms with Crippen molar-refractivity contribution < 1.29 is 9.13 Å². The first-order chi connectivity index (χ1) is 8.36. The number of hydrogen-bond acceptors (Lipinski definition) is 2. The molecule has 0 heterocycles. The van der Waals surface area contributed by atoms with E-state index in [1.807, 2.05) is 13.1 Å². The Bertz CT molecular complexity index is 375. The van der Waals surface area contributed by atoms with Crippen LogP contribution in [0.5, 0.6) is 0 Å². The van der Waals surface area contributed by atoms with Crippen molar-refractivity contribution in [3.63, 3.8) is 0 Å². The molecule has 0 spiro atoms. The van der Waals surface area contributed by atoms with E-state index in [1.165, 1.54) is 6.07 Å². The van der Waals surface area contributed by atoms with Crippen molar-refractivity contribution in [2.45, 2.75) is 38.3 Å². The predicted octanol–water partition coefficient (Wildman–Crippen LogP) is 3.53. The fraction of sp³-hybridized carbons (Fsp3) is 0.571. The largest absolute Gasteiger partial charge is 0.379 e. The molecule has 0 saturated heterocycles. The minimum atomic E-state index is -0.208. The molecule has 0 aliphatic rings. The Kier molecular flexibility index (Phi) is 5.76. The van der Waals surface area contributed by atoms with Crippen LogP contribution in [0.1, 0.15) is 25.8 Å². The Morgan fingerprint density at radius 1 is 1.39 bits per heavy atom. The topological polar surface area (TPSA) is 21.3 Å². The molecular weight excluding hydrogens is 297 g/mol. The summed E-state index contributed by atoms with van der Waals surface area (Å²) in [5, 5.41) is 3.26. The molecule has 1 atom stereocenters. The molecule has 0 radical (unpaired) electrons. The lowest BCUT2D eigenvalue weighted by molar-refractivity contribution is 0.00772. The molecular formula is C14H21BrFNO. The van der Waals surface area contributed by atoms with Crippen LogP contribution in [0.4, 0.5) is 4.39 Å². The summed E-state index contributed by atoms with van der Waals surface area (Å²) in [6.07, 6.45) is 1.65. The highest BCUT2D eigenvalue weighted by atomic mass is 79.9. The van der Waals surface area contributed by atoms with E-state index >= 15 is 0 Å². The molecule has 0 fully saturated rings. The zero-order valence-corrected chi connectivity index (χ0v) is 13.0. The predicted molar refractivity (Wildman–Crippen MR) is 76.4 cm³/mol. The Morgan fingerprint density at radius 2 is 2.06 bits per heavy atom. The van der Waals surface area contributed by atoms with Gasteiger partial charge >= 0.3 is 0 Å². The summed E-state index contributed by atoms with van der Waals surface area (Å²) >= 11 is 3.31. The zero-order chi connectivity index (χ0) is 13.8. The number of halogens is 2. The van der Waals surface area contributed by atoms with Crippen LogP contribution in [0.3, 0.4) is 0 Å². The maximum Gasteiger partial charge on any atom is 0.124 e. The fourth-order valence-electron chi connectivity index (χ4n) is 1.97. The van der Waals surface area contributed by atoms with Gasteiger partial charge in [0.1, 0.15) is 5.82 Å². The summed E-state index contributed by atoms with van der Waals surface area (Å²) < 4.78 is 19.5. The van der Waals surface area contributed by atoms with Crippen LogP contribution in [0.15, 0.2) is 22.7 Å². The van der Waals surface area contributed by atoms with Crippen LogP contribution in [0, 0.1) is 5.82 Å². The first-order valence-electron chi connectivity index (χ1n) is 6.03. The number of rotatable bonds is 6. The van der Waals surface area contributed by atoms with Crippen molar-refractivity contribution >= 4 is 15.9 Å². The van der Waals surface area contributed by atoms with Gasteiger partial charge in [-0.25, -0.2) is 4.39 Å². The van der Waals surface area contributed by atoms with Crippen LogP contribution in [0.2, 0.25) is 0 Å². The molecule has 1 aromatic carbocycles. The normalized spacial score (nSPS) is 13.7. The third-order valence-corrected chi connectivity index (χ3v) is 3.56. The average molecular weight is 318 g/mol. The minimum Gasteiger partial charge on any atom is -0.379 e. The van der Waals surface area contributed by atoms with Gasteiger partial charge in [-0.1, -0.05) is 15.9 Å². The molecule has 4 heteroatoms. The highest BCUT2D eigenvalue weighted by Gasteiger charge is 2.22. The van der Waals surface area contributed by atoms with Crippen LogP contribution < -0.4 is 5.32 Å². The van der Waals surface area contributed by atoms with Gasteiger partial charge in [0.15, 0.2) is 0 Å². The zero-order valence-electron chi connectivity index (χ0n) is 11.4. The second kappa shape index (κ2) is 6.64. The van der Waals surface area contributed by atoms with E-state index in [4.69, 9.17) is 4.74 Å². The average Bonchev–Trinajstić information content (AvgIpc) is 2.26.